The van der Waals surface area contributed by atoms with Crippen molar-refractivity contribution < 1.29 is 31.5 Å². The number of aromatic nitrogens is 2. The predicted molar refractivity (Wildman–Crippen MR) is 62.6 cm³/mol. The second-order valence-corrected chi connectivity index (χ2v) is 6.70. The lowest BCUT2D eigenvalue weighted by Gasteiger charge is -2.18. The summed E-state index contributed by atoms with van der Waals surface area (Å²) in [6, 6.07) is 0. The van der Waals surface area contributed by atoms with Gasteiger partial charge >= 0.3 is 12.1 Å². The second kappa shape index (κ2) is 4.98. The van der Waals surface area contributed by atoms with Gasteiger partial charge in [0, 0.05) is 26.3 Å². The van der Waals surface area contributed by atoms with Crippen molar-refractivity contribution in [1.29, 1.82) is 0 Å². The lowest BCUT2D eigenvalue weighted by Crippen LogP contribution is -2.34. The molecule has 2 heterocycles. The van der Waals surface area contributed by atoms with Crippen LogP contribution in [0.15, 0.2) is 17.3 Å². The molecule has 0 aliphatic carbocycles. The monoisotopic (exact) mass is 327 g/mol. The van der Waals surface area contributed by atoms with Gasteiger partial charge in [-0.3, -0.25) is 9.48 Å². The van der Waals surface area contributed by atoms with Crippen LogP contribution >= 0.6 is 0 Å². The molecule has 1 saturated heterocycles. The van der Waals surface area contributed by atoms with Crippen LogP contribution in [0.4, 0.5) is 13.2 Å². The van der Waals surface area contributed by atoms with Gasteiger partial charge in [0.25, 0.3) is 0 Å². The van der Waals surface area contributed by atoms with Gasteiger partial charge in [-0.2, -0.15) is 22.6 Å². The maximum Gasteiger partial charge on any atom is 0.393 e. The van der Waals surface area contributed by atoms with Gasteiger partial charge in [0.15, 0.2) is 0 Å². The molecule has 1 fully saturated rings. The highest BCUT2D eigenvalue weighted by molar-refractivity contribution is 7.89. The number of halogens is 3. The van der Waals surface area contributed by atoms with Gasteiger partial charge in [0.1, 0.15) is 4.90 Å². The van der Waals surface area contributed by atoms with E-state index in [2.05, 4.69) is 5.10 Å². The number of rotatable bonds is 3. The Hall–Kier alpha value is -1.62. The molecule has 7 nitrogen and oxygen atoms in total. The zero-order valence-corrected chi connectivity index (χ0v) is 11.6. The molecule has 2 rings (SSSR count). The number of sulfonamides is 1. The summed E-state index contributed by atoms with van der Waals surface area (Å²) in [7, 11) is -2.73. The van der Waals surface area contributed by atoms with Crippen molar-refractivity contribution in [2.24, 2.45) is 18.9 Å². The Balaban J connectivity index is 2.33. The van der Waals surface area contributed by atoms with Crippen molar-refractivity contribution in [2.45, 2.75) is 11.1 Å². The first-order valence-corrected chi connectivity index (χ1v) is 7.26. The second-order valence-electron chi connectivity index (χ2n) is 4.76. The maximum absolute atomic E-state index is 12.8. The number of hydrogen-bond acceptors (Lipinski definition) is 4. The molecule has 118 valence electrons. The summed E-state index contributed by atoms with van der Waals surface area (Å²) in [5, 5.41) is 12.5. The Morgan fingerprint density at radius 3 is 2.43 bits per heavy atom. The van der Waals surface area contributed by atoms with Crippen LogP contribution < -0.4 is 0 Å². The van der Waals surface area contributed by atoms with Crippen molar-refractivity contribution in [3.63, 3.8) is 0 Å². The minimum Gasteiger partial charge on any atom is -0.481 e. The van der Waals surface area contributed by atoms with E-state index in [0.717, 1.165) is 12.4 Å². The molecule has 1 aromatic rings. The predicted octanol–water partition coefficient (Wildman–Crippen LogP) is 0.304. The van der Waals surface area contributed by atoms with Gasteiger partial charge in [0.05, 0.1) is 18.0 Å². The summed E-state index contributed by atoms with van der Waals surface area (Å²) in [5.74, 6) is -5.70. The zero-order valence-electron chi connectivity index (χ0n) is 10.8. The SMILES string of the molecule is Cn1cc(S(=O)(=O)N2C[C@@H](C(F)(F)F)[C@H](C(=O)O)C2)cn1. The highest BCUT2D eigenvalue weighted by Gasteiger charge is 2.55. The van der Waals surface area contributed by atoms with Crippen molar-refractivity contribution in [1.82, 2.24) is 14.1 Å². The third-order valence-corrected chi connectivity index (χ3v) is 5.13. The Bertz CT molecular complexity index is 655. The minimum atomic E-state index is -4.78. The summed E-state index contributed by atoms with van der Waals surface area (Å²) in [4.78, 5) is 10.7. The van der Waals surface area contributed by atoms with Crippen LogP contribution in [-0.4, -0.2) is 52.8 Å². The smallest absolute Gasteiger partial charge is 0.393 e. The normalized spacial score (nSPS) is 24.4. The fourth-order valence-electron chi connectivity index (χ4n) is 2.23. The molecular formula is C10H12F3N3O4S. The van der Waals surface area contributed by atoms with E-state index < -0.39 is 47.1 Å². The number of carbonyl (C=O) groups is 1. The van der Waals surface area contributed by atoms with Crippen LogP contribution in [0.5, 0.6) is 0 Å². The van der Waals surface area contributed by atoms with Crippen LogP contribution in [0.25, 0.3) is 0 Å². The highest BCUT2D eigenvalue weighted by atomic mass is 32.2. The van der Waals surface area contributed by atoms with Crippen LogP contribution in [-0.2, 0) is 21.9 Å². The van der Waals surface area contributed by atoms with E-state index in [-0.39, 0.29) is 4.90 Å². The third-order valence-electron chi connectivity index (χ3n) is 3.34. The molecule has 21 heavy (non-hydrogen) atoms. The van der Waals surface area contributed by atoms with E-state index in [9.17, 15) is 26.4 Å². The molecule has 1 aliphatic rings. The molecule has 0 unspecified atom stereocenters. The number of carboxylic acids is 1. The van der Waals surface area contributed by atoms with E-state index in [1.165, 1.54) is 11.7 Å². The van der Waals surface area contributed by atoms with Crippen LogP contribution in [0.2, 0.25) is 0 Å². The quantitative estimate of drug-likeness (QED) is 0.862. The molecule has 0 radical (unpaired) electrons. The Morgan fingerprint density at radius 2 is 2.05 bits per heavy atom. The first-order valence-electron chi connectivity index (χ1n) is 5.82. The number of hydrogen-bond donors (Lipinski definition) is 1. The van der Waals surface area contributed by atoms with E-state index in [1.807, 2.05) is 0 Å². The molecule has 2 atom stereocenters. The molecule has 0 spiro atoms. The van der Waals surface area contributed by atoms with E-state index in [4.69, 9.17) is 5.11 Å². The summed E-state index contributed by atoms with van der Waals surface area (Å²) in [6.07, 6.45) is -2.62. The number of carboxylic acid groups (broad SMARTS) is 1. The number of nitrogens with zero attached hydrogens (tertiary/aromatic N) is 3. The van der Waals surface area contributed by atoms with Gasteiger partial charge in [-0.15, -0.1) is 0 Å². The van der Waals surface area contributed by atoms with Gasteiger partial charge in [0.2, 0.25) is 10.0 Å². The molecule has 1 aliphatic heterocycles. The van der Waals surface area contributed by atoms with Crippen molar-refractivity contribution in [3.05, 3.63) is 12.4 Å². The van der Waals surface area contributed by atoms with E-state index in [0.29, 0.717) is 4.31 Å². The lowest BCUT2D eigenvalue weighted by atomic mass is 9.96. The average Bonchev–Trinajstić information content (AvgIpc) is 2.93. The van der Waals surface area contributed by atoms with Gasteiger partial charge in [-0.1, -0.05) is 0 Å². The van der Waals surface area contributed by atoms with Crippen LogP contribution in [0.3, 0.4) is 0 Å². The fraction of sp³-hybridized carbons (Fsp3) is 0.600. The van der Waals surface area contributed by atoms with Crippen molar-refractivity contribution in [2.75, 3.05) is 13.1 Å². The van der Waals surface area contributed by atoms with E-state index in [1.54, 1.807) is 0 Å². The molecule has 0 bridgehead atoms. The fourth-order valence-corrected chi connectivity index (χ4v) is 3.70. The lowest BCUT2D eigenvalue weighted by molar-refractivity contribution is -0.187. The molecule has 0 amide bonds. The molecular weight excluding hydrogens is 315 g/mol. The first-order chi connectivity index (χ1) is 9.53. The number of alkyl halides is 3. The Kier molecular flexibility index (Phi) is 3.74. The summed E-state index contributed by atoms with van der Waals surface area (Å²) < 4.78 is 64.7. The topological polar surface area (TPSA) is 92.5 Å². The standard InChI is InChI=1S/C10H12F3N3O4S/c1-15-3-6(2-14-15)21(19,20)16-4-7(9(17)18)8(5-16)10(11,12)13/h2-3,7-8H,4-5H2,1H3,(H,17,18)/t7-,8-/m1/s1. The van der Waals surface area contributed by atoms with E-state index >= 15 is 0 Å². The number of aryl methyl sites for hydroxylation is 1. The Labute approximate surface area is 118 Å². The molecule has 0 saturated carbocycles. The van der Waals surface area contributed by atoms with Crippen molar-refractivity contribution >= 4 is 16.0 Å². The largest absolute Gasteiger partial charge is 0.481 e. The summed E-state index contributed by atoms with van der Waals surface area (Å²) >= 11 is 0. The molecule has 1 N–H and O–H groups in total. The highest BCUT2D eigenvalue weighted by Crippen LogP contribution is 2.39. The maximum atomic E-state index is 12.8. The van der Waals surface area contributed by atoms with Gasteiger partial charge in [-0.25, -0.2) is 8.42 Å². The van der Waals surface area contributed by atoms with Gasteiger partial charge < -0.3 is 5.11 Å². The molecule has 1 aromatic heterocycles. The van der Waals surface area contributed by atoms with Crippen LogP contribution in [0, 0.1) is 11.8 Å². The minimum absolute atomic E-state index is 0.267. The zero-order chi connectivity index (χ0) is 16.0. The van der Waals surface area contributed by atoms with Crippen molar-refractivity contribution in [3.8, 4) is 0 Å². The first kappa shape index (κ1) is 15.8. The Morgan fingerprint density at radius 1 is 1.43 bits per heavy atom. The third kappa shape index (κ3) is 2.88. The molecule has 0 aromatic carbocycles. The molecule has 11 heteroatoms. The van der Waals surface area contributed by atoms with Gasteiger partial charge in [-0.05, 0) is 0 Å². The summed E-state index contributed by atoms with van der Waals surface area (Å²) in [6.45, 7) is -1.62. The van der Waals surface area contributed by atoms with Crippen LogP contribution in [0.1, 0.15) is 0 Å². The average molecular weight is 327 g/mol. The summed E-state index contributed by atoms with van der Waals surface area (Å²) in [5.41, 5.74) is 0. The number of aliphatic carboxylic acids is 1.